The number of carbonyl (C=O) groups is 1. The molecule has 2 saturated heterocycles. The second-order valence-corrected chi connectivity index (χ2v) is 10.7. The van der Waals surface area contributed by atoms with E-state index in [4.69, 9.17) is 4.74 Å². The number of nitrogens with zero attached hydrogens (tertiary/aromatic N) is 3. The van der Waals surface area contributed by atoms with E-state index in [1.165, 1.54) is 12.8 Å². The third-order valence-electron chi connectivity index (χ3n) is 8.34. The number of rotatable bonds is 8. The monoisotopic (exact) mass is 477 g/mol. The molecule has 2 N–H and O–H groups in total. The van der Waals surface area contributed by atoms with Crippen molar-refractivity contribution in [3.05, 3.63) is 48.6 Å². The summed E-state index contributed by atoms with van der Waals surface area (Å²) in [7, 11) is 0. The summed E-state index contributed by atoms with van der Waals surface area (Å²) < 4.78 is 6.06. The van der Waals surface area contributed by atoms with Crippen molar-refractivity contribution >= 4 is 11.7 Å². The molecule has 2 heterocycles. The van der Waals surface area contributed by atoms with E-state index in [1.807, 2.05) is 35.2 Å². The van der Waals surface area contributed by atoms with Crippen LogP contribution in [0.4, 0.5) is 10.5 Å². The van der Waals surface area contributed by atoms with E-state index < -0.39 is 0 Å². The van der Waals surface area contributed by atoms with Crippen molar-refractivity contribution in [2.24, 2.45) is 0 Å². The van der Waals surface area contributed by atoms with Gasteiger partial charge in [0.2, 0.25) is 0 Å². The van der Waals surface area contributed by atoms with Crippen molar-refractivity contribution < 1.29 is 9.53 Å². The van der Waals surface area contributed by atoms with Crippen LogP contribution < -0.4 is 20.3 Å². The minimum absolute atomic E-state index is 0.0919. The number of ether oxygens (including phenoxy) is 1. The second kappa shape index (κ2) is 10.3. The van der Waals surface area contributed by atoms with Gasteiger partial charge in [0.05, 0.1) is 12.1 Å². The average Bonchev–Trinajstić information content (AvgIpc) is 3.61. The number of piperazine rings is 1. The summed E-state index contributed by atoms with van der Waals surface area (Å²) in [6, 6.07) is 10.0. The van der Waals surface area contributed by atoms with Gasteiger partial charge in [0.15, 0.2) is 0 Å². The molecular formula is C28H39N5O2. The lowest BCUT2D eigenvalue weighted by molar-refractivity contribution is 0.158. The van der Waals surface area contributed by atoms with Crippen LogP contribution in [0.3, 0.4) is 0 Å². The maximum Gasteiger partial charge on any atom is 0.325 e. The molecule has 0 bridgehead atoms. The lowest BCUT2D eigenvalue weighted by Gasteiger charge is -2.36. The van der Waals surface area contributed by atoms with E-state index in [1.54, 1.807) is 0 Å². The smallest absolute Gasteiger partial charge is 0.325 e. The van der Waals surface area contributed by atoms with Gasteiger partial charge in [0.1, 0.15) is 11.9 Å². The van der Waals surface area contributed by atoms with Gasteiger partial charge in [0, 0.05) is 63.5 Å². The predicted octanol–water partition coefficient (Wildman–Crippen LogP) is 3.14. The largest absolute Gasteiger partial charge is 0.486 e. The Hall–Kier alpha value is -2.35. The Labute approximate surface area is 209 Å². The molecule has 0 spiro atoms. The van der Waals surface area contributed by atoms with Crippen molar-refractivity contribution in [2.75, 3.05) is 44.2 Å². The highest BCUT2D eigenvalue weighted by Gasteiger charge is 2.59. The highest BCUT2D eigenvalue weighted by Crippen LogP contribution is 2.46. The maximum atomic E-state index is 13.5. The molecule has 7 heteroatoms. The summed E-state index contributed by atoms with van der Waals surface area (Å²) in [6.07, 6.45) is 15.0. The molecule has 3 unspecified atom stereocenters. The van der Waals surface area contributed by atoms with E-state index >= 15 is 0 Å². The van der Waals surface area contributed by atoms with E-state index in [2.05, 4.69) is 38.7 Å². The summed E-state index contributed by atoms with van der Waals surface area (Å²) in [4.78, 5) is 20.3. The number of allylic oxidation sites excluding steroid dienone is 2. The highest BCUT2D eigenvalue weighted by molar-refractivity contribution is 5.97. The van der Waals surface area contributed by atoms with Gasteiger partial charge in [-0.05, 0) is 62.4 Å². The summed E-state index contributed by atoms with van der Waals surface area (Å²) in [5.41, 5.74) is 1.000. The number of urea groups is 1. The first kappa shape index (κ1) is 23.1. The third kappa shape index (κ3) is 5.13. The molecule has 5 aliphatic rings. The number of hydrogen-bond donors (Lipinski definition) is 2. The van der Waals surface area contributed by atoms with Gasteiger partial charge < -0.3 is 20.3 Å². The number of hydrogen-bond acceptors (Lipinski definition) is 5. The number of benzene rings is 1. The standard InChI is InChI=1S/C28H39N5O2/c34-28-32(22-8-6-21(7-9-22)30-16-19-31-17-14-29-15-18-31)26-20-27(26)33(28)23-10-12-25(13-11-23)35-24-4-2-1-3-5-24/h1-4,10-13,21-22,24,26-27,29-30H,5-9,14-20H2. The molecule has 35 heavy (non-hydrogen) atoms. The van der Waals surface area contributed by atoms with Crippen LogP contribution in [0, 0.1) is 0 Å². The molecule has 1 aromatic rings. The molecule has 2 saturated carbocycles. The Bertz CT molecular complexity index is 933. The number of amides is 2. The van der Waals surface area contributed by atoms with Crippen molar-refractivity contribution in [3.63, 3.8) is 0 Å². The SMILES string of the molecule is O=C1N(c2ccc(OC3C=CC=CC3)cc2)C2CC2N1C1CCC(NCCN2CCNCC2)CC1. The maximum absolute atomic E-state index is 13.5. The molecule has 4 fully saturated rings. The lowest BCUT2D eigenvalue weighted by Crippen LogP contribution is -2.49. The molecule has 2 amide bonds. The van der Waals surface area contributed by atoms with Crippen LogP contribution in [0.15, 0.2) is 48.6 Å². The van der Waals surface area contributed by atoms with Crippen LogP contribution in [-0.2, 0) is 0 Å². The Morgan fingerprint density at radius 2 is 1.80 bits per heavy atom. The van der Waals surface area contributed by atoms with Crippen LogP contribution in [-0.4, -0.2) is 85.4 Å². The van der Waals surface area contributed by atoms with Crippen LogP contribution >= 0.6 is 0 Å². The summed E-state index contributed by atoms with van der Waals surface area (Å²) >= 11 is 0. The summed E-state index contributed by atoms with van der Waals surface area (Å²) in [6.45, 7) is 6.77. The van der Waals surface area contributed by atoms with Gasteiger partial charge in [-0.3, -0.25) is 9.80 Å². The zero-order chi connectivity index (χ0) is 23.6. The van der Waals surface area contributed by atoms with Crippen molar-refractivity contribution in [1.29, 1.82) is 0 Å². The molecule has 0 radical (unpaired) electrons. The predicted molar refractivity (Wildman–Crippen MR) is 139 cm³/mol. The van der Waals surface area contributed by atoms with E-state index in [9.17, 15) is 4.79 Å². The number of nitrogens with one attached hydrogen (secondary N) is 2. The zero-order valence-corrected chi connectivity index (χ0v) is 20.6. The minimum Gasteiger partial charge on any atom is -0.486 e. The quantitative estimate of drug-likeness (QED) is 0.603. The molecule has 188 valence electrons. The first-order valence-corrected chi connectivity index (χ1v) is 13.6. The van der Waals surface area contributed by atoms with Gasteiger partial charge in [-0.2, -0.15) is 0 Å². The number of carbonyl (C=O) groups excluding carboxylic acids is 1. The molecule has 0 aromatic heterocycles. The van der Waals surface area contributed by atoms with E-state index in [0.717, 1.165) is 76.4 Å². The number of anilines is 1. The normalized spacial score (nSPS) is 32.7. The van der Waals surface area contributed by atoms with Crippen LogP contribution in [0.2, 0.25) is 0 Å². The van der Waals surface area contributed by atoms with E-state index in [0.29, 0.717) is 24.2 Å². The average molecular weight is 478 g/mol. The second-order valence-electron chi connectivity index (χ2n) is 10.7. The summed E-state index contributed by atoms with van der Waals surface area (Å²) in [5.74, 6) is 0.859. The fraction of sp³-hybridized carbons (Fsp3) is 0.607. The molecule has 2 aliphatic heterocycles. The van der Waals surface area contributed by atoms with Gasteiger partial charge in [-0.15, -0.1) is 0 Å². The van der Waals surface area contributed by atoms with E-state index in [-0.39, 0.29) is 12.1 Å². The highest BCUT2D eigenvalue weighted by atomic mass is 16.5. The molecular weight excluding hydrogens is 438 g/mol. The van der Waals surface area contributed by atoms with Gasteiger partial charge in [-0.25, -0.2) is 4.79 Å². The fourth-order valence-electron chi connectivity index (χ4n) is 6.31. The van der Waals surface area contributed by atoms with Crippen molar-refractivity contribution in [2.45, 2.75) is 68.8 Å². The fourth-order valence-corrected chi connectivity index (χ4v) is 6.31. The first-order chi connectivity index (χ1) is 17.3. The van der Waals surface area contributed by atoms with Crippen molar-refractivity contribution in [1.82, 2.24) is 20.4 Å². The molecule has 3 atom stereocenters. The Kier molecular flexibility index (Phi) is 6.81. The van der Waals surface area contributed by atoms with Crippen LogP contribution in [0.5, 0.6) is 5.75 Å². The van der Waals surface area contributed by atoms with Gasteiger partial charge in [0.25, 0.3) is 0 Å². The van der Waals surface area contributed by atoms with Crippen LogP contribution in [0.1, 0.15) is 38.5 Å². The van der Waals surface area contributed by atoms with Gasteiger partial charge >= 0.3 is 6.03 Å². The minimum atomic E-state index is 0.0919. The Balaban J connectivity index is 0.989. The summed E-state index contributed by atoms with van der Waals surface area (Å²) in [5, 5.41) is 7.21. The topological polar surface area (TPSA) is 60.1 Å². The first-order valence-electron chi connectivity index (χ1n) is 13.6. The van der Waals surface area contributed by atoms with Crippen molar-refractivity contribution in [3.8, 4) is 5.75 Å². The Morgan fingerprint density at radius 3 is 2.54 bits per heavy atom. The lowest BCUT2D eigenvalue weighted by atomic mass is 9.90. The number of fused-ring (bicyclic) bond motifs is 1. The Morgan fingerprint density at radius 1 is 1.00 bits per heavy atom. The molecule has 7 nitrogen and oxygen atoms in total. The van der Waals surface area contributed by atoms with Gasteiger partial charge in [-0.1, -0.05) is 18.2 Å². The molecule has 1 aromatic carbocycles. The zero-order valence-electron chi connectivity index (χ0n) is 20.6. The molecule has 6 rings (SSSR count). The molecule has 3 aliphatic carbocycles. The van der Waals surface area contributed by atoms with Crippen LogP contribution in [0.25, 0.3) is 0 Å². The third-order valence-corrected chi connectivity index (χ3v) is 8.34.